The summed E-state index contributed by atoms with van der Waals surface area (Å²) >= 11 is 0. The minimum atomic E-state index is -0.188. The summed E-state index contributed by atoms with van der Waals surface area (Å²) in [5.41, 5.74) is 2.46. The van der Waals surface area contributed by atoms with Crippen LogP contribution < -0.4 is 5.32 Å². The average Bonchev–Trinajstić information content (AvgIpc) is 2.62. The van der Waals surface area contributed by atoms with Crippen molar-refractivity contribution in [2.45, 2.75) is 32.9 Å². The van der Waals surface area contributed by atoms with Crippen LogP contribution in [0, 0.1) is 0 Å². The molecule has 0 aliphatic rings. The maximum Gasteiger partial charge on any atom is 0.322 e. The molecule has 0 bridgehead atoms. The molecule has 2 aromatic rings. The Kier molecular flexibility index (Phi) is 6.83. The van der Waals surface area contributed by atoms with Crippen LogP contribution in [-0.2, 0) is 11.3 Å². The number of para-hydroxylation sites is 1. The third-order valence-corrected chi connectivity index (χ3v) is 4.09. The topological polar surface area (TPSA) is 61.8 Å². The van der Waals surface area contributed by atoms with E-state index in [4.69, 9.17) is 4.74 Å². The number of phenols is 1. The van der Waals surface area contributed by atoms with Crippen molar-refractivity contribution in [2.24, 2.45) is 0 Å². The van der Waals surface area contributed by atoms with Crippen LogP contribution in [0.25, 0.3) is 0 Å². The fourth-order valence-corrected chi connectivity index (χ4v) is 2.58. The molecule has 0 saturated carbocycles. The lowest BCUT2D eigenvalue weighted by Crippen LogP contribution is -2.35. The molecular weight excluding hydrogens is 316 g/mol. The number of anilines is 1. The van der Waals surface area contributed by atoms with Gasteiger partial charge in [0.15, 0.2) is 0 Å². The molecule has 0 saturated heterocycles. The average molecular weight is 342 g/mol. The quantitative estimate of drug-likeness (QED) is 0.776. The van der Waals surface area contributed by atoms with Gasteiger partial charge in [0, 0.05) is 24.9 Å². The Morgan fingerprint density at radius 3 is 2.68 bits per heavy atom. The Hall–Kier alpha value is -2.53. The Morgan fingerprint density at radius 1 is 1.24 bits per heavy atom. The van der Waals surface area contributed by atoms with E-state index in [0.717, 1.165) is 23.2 Å². The molecule has 2 N–H and O–H groups in total. The number of carbonyl (C=O) groups excluding carboxylic acids is 1. The molecule has 0 fully saturated rings. The molecular formula is C20H26N2O3. The number of phenolic OH excluding ortho intramolecular Hbond substituents is 1. The van der Waals surface area contributed by atoms with Gasteiger partial charge in [0.25, 0.3) is 0 Å². The first-order valence-electron chi connectivity index (χ1n) is 8.50. The van der Waals surface area contributed by atoms with Gasteiger partial charge >= 0.3 is 6.03 Å². The number of nitrogens with zero attached hydrogens (tertiary/aromatic N) is 1. The van der Waals surface area contributed by atoms with Crippen molar-refractivity contribution in [3.8, 4) is 5.75 Å². The highest BCUT2D eigenvalue weighted by Gasteiger charge is 2.15. The molecule has 0 spiro atoms. The Bertz CT molecular complexity index is 703. The maximum absolute atomic E-state index is 12.7. The predicted octanol–water partition coefficient (Wildman–Crippen LogP) is 4.54. The van der Waals surface area contributed by atoms with Crippen LogP contribution in [0.1, 0.15) is 37.5 Å². The smallest absolute Gasteiger partial charge is 0.322 e. The van der Waals surface area contributed by atoms with Gasteiger partial charge in [-0.05, 0) is 37.1 Å². The number of methoxy groups -OCH3 is 1. The van der Waals surface area contributed by atoms with Crippen molar-refractivity contribution in [1.82, 2.24) is 4.90 Å². The van der Waals surface area contributed by atoms with Crippen molar-refractivity contribution >= 4 is 11.7 Å². The monoisotopic (exact) mass is 342 g/mol. The van der Waals surface area contributed by atoms with Crippen molar-refractivity contribution in [3.63, 3.8) is 0 Å². The number of ether oxygens (including phenoxy) is 1. The molecule has 1 atom stereocenters. The Labute approximate surface area is 149 Å². The van der Waals surface area contributed by atoms with Gasteiger partial charge in [-0.2, -0.15) is 0 Å². The van der Waals surface area contributed by atoms with Crippen molar-refractivity contribution in [3.05, 3.63) is 59.7 Å². The van der Waals surface area contributed by atoms with Crippen molar-refractivity contribution < 1.29 is 14.6 Å². The molecule has 0 aliphatic heterocycles. The summed E-state index contributed by atoms with van der Waals surface area (Å²) in [5, 5.41) is 12.9. The van der Waals surface area contributed by atoms with E-state index < -0.39 is 0 Å². The number of aromatic hydroxyl groups is 1. The molecule has 0 aromatic heterocycles. The summed E-state index contributed by atoms with van der Waals surface area (Å²) in [7, 11) is 1.66. The van der Waals surface area contributed by atoms with Crippen LogP contribution >= 0.6 is 0 Å². The number of carbonyl (C=O) groups is 1. The van der Waals surface area contributed by atoms with Gasteiger partial charge in [-0.3, -0.25) is 0 Å². The lowest BCUT2D eigenvalue weighted by Gasteiger charge is -2.23. The van der Waals surface area contributed by atoms with Crippen LogP contribution in [-0.4, -0.2) is 29.7 Å². The molecule has 25 heavy (non-hydrogen) atoms. The van der Waals surface area contributed by atoms with Crippen LogP contribution in [0.5, 0.6) is 5.75 Å². The second kappa shape index (κ2) is 9.08. The molecule has 0 unspecified atom stereocenters. The number of urea groups is 1. The lowest BCUT2D eigenvalue weighted by atomic mass is 10.1. The molecule has 134 valence electrons. The van der Waals surface area contributed by atoms with Crippen molar-refractivity contribution in [1.29, 1.82) is 0 Å². The highest BCUT2D eigenvalue weighted by molar-refractivity contribution is 5.89. The highest BCUT2D eigenvalue weighted by Crippen LogP contribution is 2.21. The van der Waals surface area contributed by atoms with Crippen LogP contribution in [0.2, 0.25) is 0 Å². The van der Waals surface area contributed by atoms with Gasteiger partial charge in [-0.15, -0.1) is 0 Å². The molecule has 0 aliphatic carbocycles. The van der Waals surface area contributed by atoms with Gasteiger partial charge in [-0.1, -0.05) is 37.3 Å². The van der Waals surface area contributed by atoms with E-state index in [1.807, 2.05) is 50.2 Å². The molecule has 5 heteroatoms. The fourth-order valence-electron chi connectivity index (χ4n) is 2.58. The number of hydrogen-bond donors (Lipinski definition) is 2. The summed E-state index contributed by atoms with van der Waals surface area (Å²) in [6, 6.07) is 14.5. The highest BCUT2D eigenvalue weighted by atomic mass is 16.5. The second-order valence-corrected chi connectivity index (χ2v) is 5.98. The van der Waals surface area contributed by atoms with E-state index in [0.29, 0.717) is 13.1 Å². The van der Waals surface area contributed by atoms with E-state index in [2.05, 4.69) is 5.32 Å². The van der Waals surface area contributed by atoms with Gasteiger partial charge in [0.2, 0.25) is 0 Å². The SMILES string of the molecule is CCCN(Cc1ccccc1O)C(=O)Nc1cccc([C@H](C)OC)c1. The Morgan fingerprint density at radius 2 is 2.00 bits per heavy atom. The van der Waals surface area contributed by atoms with Crippen molar-refractivity contribution in [2.75, 3.05) is 19.0 Å². The summed E-state index contributed by atoms with van der Waals surface area (Å²) < 4.78 is 5.32. The maximum atomic E-state index is 12.7. The fraction of sp³-hybridized carbons (Fsp3) is 0.350. The van der Waals surface area contributed by atoms with E-state index in [9.17, 15) is 9.90 Å². The first-order valence-corrected chi connectivity index (χ1v) is 8.50. The number of hydrogen-bond acceptors (Lipinski definition) is 3. The number of rotatable bonds is 7. The van der Waals surface area contributed by atoms with Gasteiger partial charge in [0.05, 0.1) is 12.6 Å². The normalized spacial score (nSPS) is 11.8. The van der Waals surface area contributed by atoms with E-state index >= 15 is 0 Å². The van der Waals surface area contributed by atoms with Crippen LogP contribution in [0.3, 0.4) is 0 Å². The zero-order valence-electron chi connectivity index (χ0n) is 15.0. The lowest BCUT2D eigenvalue weighted by molar-refractivity contribution is 0.119. The summed E-state index contributed by atoms with van der Waals surface area (Å²) in [6.07, 6.45) is 0.798. The first kappa shape index (κ1) is 18.8. The summed E-state index contributed by atoms with van der Waals surface area (Å²) in [5.74, 6) is 0.201. The minimum Gasteiger partial charge on any atom is -0.508 e. The number of amides is 2. The van der Waals surface area contributed by atoms with E-state index in [1.54, 1.807) is 24.1 Å². The molecule has 2 rings (SSSR count). The zero-order valence-corrected chi connectivity index (χ0v) is 15.0. The third kappa shape index (κ3) is 5.22. The van der Waals surface area contributed by atoms with E-state index in [1.165, 1.54) is 0 Å². The molecule has 0 radical (unpaired) electrons. The molecule has 2 aromatic carbocycles. The standard InChI is InChI=1S/C20H26N2O3/c1-4-12-22(14-17-8-5-6-11-19(17)23)20(24)21-18-10-7-9-16(13-18)15(2)25-3/h5-11,13,15,23H,4,12,14H2,1-3H3,(H,21,24)/t15-/m0/s1. The zero-order chi connectivity index (χ0) is 18.2. The van der Waals surface area contributed by atoms with Crippen LogP contribution in [0.4, 0.5) is 10.5 Å². The number of nitrogens with one attached hydrogen (secondary N) is 1. The Balaban J connectivity index is 2.11. The summed E-state index contributed by atoms with van der Waals surface area (Å²) in [4.78, 5) is 14.4. The molecule has 0 heterocycles. The van der Waals surface area contributed by atoms with Gasteiger partial charge in [0.1, 0.15) is 5.75 Å². The minimum absolute atomic E-state index is 0.0372. The largest absolute Gasteiger partial charge is 0.508 e. The van der Waals surface area contributed by atoms with Gasteiger partial charge in [-0.25, -0.2) is 4.79 Å². The predicted molar refractivity (Wildman–Crippen MR) is 99.7 cm³/mol. The van der Waals surface area contributed by atoms with Crippen LogP contribution in [0.15, 0.2) is 48.5 Å². The second-order valence-electron chi connectivity index (χ2n) is 5.98. The van der Waals surface area contributed by atoms with Gasteiger partial charge < -0.3 is 20.1 Å². The van der Waals surface area contributed by atoms with E-state index in [-0.39, 0.29) is 17.9 Å². The molecule has 2 amide bonds. The first-order chi connectivity index (χ1) is 12.0. The number of benzene rings is 2. The summed E-state index contributed by atoms with van der Waals surface area (Å²) in [6.45, 7) is 4.95. The molecule has 5 nitrogen and oxygen atoms in total. The third-order valence-electron chi connectivity index (χ3n) is 4.09.